The van der Waals surface area contributed by atoms with Gasteiger partial charge in [0.2, 0.25) is 5.91 Å². The molecule has 1 aromatic heterocycles. The Kier molecular flexibility index (Phi) is 5.42. The lowest BCUT2D eigenvalue weighted by Gasteiger charge is -2.30. The molecule has 23 heavy (non-hydrogen) atoms. The Balaban J connectivity index is 2.09. The van der Waals surface area contributed by atoms with E-state index in [1.807, 2.05) is 17.5 Å². The van der Waals surface area contributed by atoms with Crippen molar-refractivity contribution < 1.29 is 13.9 Å². The molecule has 1 N–H and O–H groups in total. The monoisotopic (exact) mass is 335 g/mol. The van der Waals surface area contributed by atoms with E-state index in [1.165, 1.54) is 13.2 Å². The zero-order valence-electron chi connectivity index (χ0n) is 13.9. The lowest BCUT2D eigenvalue weighted by Crippen LogP contribution is -2.37. The Morgan fingerprint density at radius 1 is 1.35 bits per heavy atom. The zero-order valence-corrected chi connectivity index (χ0v) is 14.7. The molecule has 1 atom stereocenters. The van der Waals surface area contributed by atoms with Crippen molar-refractivity contribution in [3.63, 3.8) is 0 Å². The third-order valence-corrected chi connectivity index (χ3v) is 4.52. The van der Waals surface area contributed by atoms with E-state index in [0.717, 1.165) is 4.88 Å². The highest BCUT2D eigenvalue weighted by Gasteiger charge is 2.28. The van der Waals surface area contributed by atoms with Gasteiger partial charge in [0, 0.05) is 4.88 Å². The van der Waals surface area contributed by atoms with Crippen molar-refractivity contribution >= 4 is 17.2 Å². The van der Waals surface area contributed by atoms with E-state index in [1.54, 1.807) is 23.5 Å². The van der Waals surface area contributed by atoms with Gasteiger partial charge in [-0.3, -0.25) is 4.79 Å². The molecule has 0 fully saturated rings. The number of hydrogen-bond acceptors (Lipinski definition) is 3. The first-order chi connectivity index (χ1) is 10.8. The van der Waals surface area contributed by atoms with Gasteiger partial charge >= 0.3 is 0 Å². The number of carbonyl (C=O) groups is 1. The number of amides is 1. The van der Waals surface area contributed by atoms with Crippen LogP contribution in [-0.4, -0.2) is 13.0 Å². The van der Waals surface area contributed by atoms with Gasteiger partial charge in [-0.25, -0.2) is 4.39 Å². The zero-order chi connectivity index (χ0) is 17.0. The molecule has 2 rings (SSSR count). The van der Waals surface area contributed by atoms with Crippen LogP contribution in [0.2, 0.25) is 0 Å². The summed E-state index contributed by atoms with van der Waals surface area (Å²) in [5.41, 5.74) is 0.519. The van der Waals surface area contributed by atoms with Crippen LogP contribution < -0.4 is 10.1 Å². The highest BCUT2D eigenvalue weighted by Crippen LogP contribution is 2.35. The molecule has 1 amide bonds. The molecule has 124 valence electrons. The Labute approximate surface area is 140 Å². The SMILES string of the molecule is COc1ccc(CC(=O)NC(c2cccs2)C(C)(C)C)cc1F. The maximum atomic E-state index is 13.7. The van der Waals surface area contributed by atoms with Gasteiger partial charge in [-0.2, -0.15) is 0 Å². The van der Waals surface area contributed by atoms with E-state index in [0.29, 0.717) is 5.56 Å². The maximum absolute atomic E-state index is 13.7. The molecular weight excluding hydrogens is 313 g/mol. The van der Waals surface area contributed by atoms with Gasteiger partial charge in [0.05, 0.1) is 19.6 Å². The second-order valence-electron chi connectivity index (χ2n) is 6.53. The molecule has 0 bridgehead atoms. The first kappa shape index (κ1) is 17.5. The number of methoxy groups -OCH3 is 1. The number of halogens is 1. The van der Waals surface area contributed by atoms with Gasteiger partial charge in [-0.05, 0) is 34.6 Å². The van der Waals surface area contributed by atoms with Crippen LogP contribution in [0.4, 0.5) is 4.39 Å². The Bertz CT molecular complexity index is 662. The van der Waals surface area contributed by atoms with Crippen molar-refractivity contribution in [2.75, 3.05) is 7.11 Å². The first-order valence-corrected chi connectivity index (χ1v) is 8.34. The second kappa shape index (κ2) is 7.13. The predicted octanol–water partition coefficient (Wildman–Crippen LogP) is 4.34. The average Bonchev–Trinajstić information content (AvgIpc) is 2.97. The number of thiophene rings is 1. The van der Waals surface area contributed by atoms with Gasteiger partial charge in [-0.15, -0.1) is 11.3 Å². The van der Waals surface area contributed by atoms with Crippen LogP contribution in [0.5, 0.6) is 5.75 Å². The molecular formula is C18H22FNO2S. The van der Waals surface area contributed by atoms with Gasteiger partial charge < -0.3 is 10.1 Å². The number of hydrogen-bond donors (Lipinski definition) is 1. The summed E-state index contributed by atoms with van der Waals surface area (Å²) in [5, 5.41) is 5.07. The summed E-state index contributed by atoms with van der Waals surface area (Å²) in [6.45, 7) is 6.26. The first-order valence-electron chi connectivity index (χ1n) is 7.46. The highest BCUT2D eigenvalue weighted by atomic mass is 32.1. The number of benzene rings is 1. The number of rotatable bonds is 5. The summed E-state index contributed by atoms with van der Waals surface area (Å²) >= 11 is 1.62. The summed E-state index contributed by atoms with van der Waals surface area (Å²) in [7, 11) is 1.42. The predicted molar refractivity (Wildman–Crippen MR) is 91.3 cm³/mol. The molecule has 0 aliphatic carbocycles. The van der Waals surface area contributed by atoms with Gasteiger partial charge in [-0.1, -0.05) is 32.9 Å². The quantitative estimate of drug-likeness (QED) is 0.882. The fourth-order valence-electron chi connectivity index (χ4n) is 2.39. The minimum absolute atomic E-state index is 0.0712. The van der Waals surface area contributed by atoms with Crippen LogP contribution in [0.25, 0.3) is 0 Å². The summed E-state index contributed by atoms with van der Waals surface area (Å²) in [4.78, 5) is 13.5. The third kappa shape index (κ3) is 4.55. The number of nitrogens with one attached hydrogen (secondary N) is 1. The van der Waals surface area contributed by atoms with Crippen LogP contribution in [0.1, 0.15) is 37.3 Å². The fraction of sp³-hybridized carbons (Fsp3) is 0.389. The largest absolute Gasteiger partial charge is 0.494 e. The minimum atomic E-state index is -0.455. The molecule has 5 heteroatoms. The second-order valence-corrected chi connectivity index (χ2v) is 7.51. The molecule has 1 heterocycles. The van der Waals surface area contributed by atoms with E-state index in [4.69, 9.17) is 4.74 Å². The molecule has 0 saturated carbocycles. The van der Waals surface area contributed by atoms with Gasteiger partial charge in [0.1, 0.15) is 0 Å². The third-order valence-electron chi connectivity index (χ3n) is 3.58. The van der Waals surface area contributed by atoms with E-state index in [2.05, 4.69) is 26.1 Å². The number of ether oxygens (including phenoxy) is 1. The van der Waals surface area contributed by atoms with Crippen molar-refractivity contribution in [1.82, 2.24) is 5.32 Å². The fourth-order valence-corrected chi connectivity index (χ4v) is 3.41. The van der Waals surface area contributed by atoms with Gasteiger partial charge in [0.15, 0.2) is 11.6 Å². The maximum Gasteiger partial charge on any atom is 0.224 e. The van der Waals surface area contributed by atoms with E-state index in [9.17, 15) is 9.18 Å². The van der Waals surface area contributed by atoms with Crippen LogP contribution >= 0.6 is 11.3 Å². The molecule has 1 unspecified atom stereocenters. The average molecular weight is 335 g/mol. The molecule has 0 spiro atoms. The molecule has 0 radical (unpaired) electrons. The van der Waals surface area contributed by atoms with Crippen molar-refractivity contribution in [3.05, 3.63) is 52.0 Å². The molecule has 0 saturated heterocycles. The Hall–Kier alpha value is -1.88. The Morgan fingerprint density at radius 3 is 2.61 bits per heavy atom. The van der Waals surface area contributed by atoms with Crippen molar-refractivity contribution in [2.45, 2.75) is 33.2 Å². The smallest absolute Gasteiger partial charge is 0.224 e. The van der Waals surface area contributed by atoms with Crippen LogP contribution in [0, 0.1) is 11.2 Å². The van der Waals surface area contributed by atoms with Crippen molar-refractivity contribution in [3.8, 4) is 5.75 Å². The molecule has 3 nitrogen and oxygen atoms in total. The summed E-state index contributed by atoms with van der Waals surface area (Å²) in [6.07, 6.45) is 0.138. The van der Waals surface area contributed by atoms with E-state index >= 15 is 0 Å². The lowest BCUT2D eigenvalue weighted by atomic mass is 9.85. The van der Waals surface area contributed by atoms with Crippen LogP contribution in [-0.2, 0) is 11.2 Å². The molecule has 0 aliphatic heterocycles. The highest BCUT2D eigenvalue weighted by molar-refractivity contribution is 7.10. The molecule has 1 aromatic carbocycles. The van der Waals surface area contributed by atoms with Gasteiger partial charge in [0.25, 0.3) is 0 Å². The Morgan fingerprint density at radius 2 is 2.09 bits per heavy atom. The number of carbonyl (C=O) groups excluding carboxylic acids is 1. The molecule has 2 aromatic rings. The summed E-state index contributed by atoms with van der Waals surface area (Å²) in [5.74, 6) is -0.397. The van der Waals surface area contributed by atoms with E-state index < -0.39 is 5.82 Å². The van der Waals surface area contributed by atoms with Crippen LogP contribution in [0.3, 0.4) is 0 Å². The standard InChI is InChI=1S/C18H22FNO2S/c1-18(2,3)17(15-6-5-9-23-15)20-16(21)11-12-7-8-14(22-4)13(19)10-12/h5-10,17H,11H2,1-4H3,(H,20,21). The minimum Gasteiger partial charge on any atom is -0.494 e. The summed E-state index contributed by atoms with van der Waals surface area (Å²) < 4.78 is 18.6. The lowest BCUT2D eigenvalue weighted by molar-refractivity contribution is -0.121. The topological polar surface area (TPSA) is 38.3 Å². The van der Waals surface area contributed by atoms with Crippen molar-refractivity contribution in [2.24, 2.45) is 5.41 Å². The van der Waals surface area contributed by atoms with Crippen molar-refractivity contribution in [1.29, 1.82) is 0 Å². The van der Waals surface area contributed by atoms with Crippen LogP contribution in [0.15, 0.2) is 35.7 Å². The molecule has 0 aliphatic rings. The normalized spacial score (nSPS) is 12.7. The van der Waals surface area contributed by atoms with E-state index in [-0.39, 0.29) is 29.5 Å². The summed E-state index contributed by atoms with van der Waals surface area (Å²) in [6, 6.07) is 8.52.